The van der Waals surface area contributed by atoms with Crippen LogP contribution in [0.5, 0.6) is 5.75 Å². The van der Waals surface area contributed by atoms with Crippen LogP contribution in [0.2, 0.25) is 0 Å². The van der Waals surface area contributed by atoms with Crippen LogP contribution in [0.15, 0.2) is 18.2 Å². The summed E-state index contributed by atoms with van der Waals surface area (Å²) in [4.78, 5) is 22.4. The number of rotatable bonds is 6. The lowest BCUT2D eigenvalue weighted by Gasteiger charge is -2.15. The van der Waals surface area contributed by atoms with Gasteiger partial charge in [0.2, 0.25) is 0 Å². The van der Waals surface area contributed by atoms with Crippen LogP contribution in [0.25, 0.3) is 0 Å². The molecule has 0 fully saturated rings. The molecule has 0 saturated carbocycles. The highest BCUT2D eigenvalue weighted by molar-refractivity contribution is 5.94. The van der Waals surface area contributed by atoms with Crippen molar-refractivity contribution in [2.75, 3.05) is 7.11 Å². The molecule has 2 N–H and O–H groups in total. The van der Waals surface area contributed by atoms with Gasteiger partial charge < -0.3 is 15.2 Å². The predicted octanol–water partition coefficient (Wildman–Crippen LogP) is 1.82. The molecule has 0 heterocycles. The fourth-order valence-corrected chi connectivity index (χ4v) is 1.58. The van der Waals surface area contributed by atoms with E-state index in [1.165, 1.54) is 19.2 Å². The van der Waals surface area contributed by atoms with Crippen molar-refractivity contribution in [3.05, 3.63) is 29.6 Å². The van der Waals surface area contributed by atoms with E-state index in [2.05, 4.69) is 5.32 Å². The summed E-state index contributed by atoms with van der Waals surface area (Å²) in [7, 11) is 1.33. The maximum absolute atomic E-state index is 13.4. The summed E-state index contributed by atoms with van der Waals surface area (Å²) in [6, 6.07) is 3.35. The van der Waals surface area contributed by atoms with E-state index in [0.29, 0.717) is 6.42 Å². The number of benzene rings is 1. The fraction of sp³-hybridized carbons (Fsp3) is 0.385. The average Bonchev–Trinajstić information content (AvgIpc) is 2.37. The van der Waals surface area contributed by atoms with E-state index in [9.17, 15) is 14.0 Å². The summed E-state index contributed by atoms with van der Waals surface area (Å²) in [5, 5.41) is 11.2. The van der Waals surface area contributed by atoms with Gasteiger partial charge >= 0.3 is 5.97 Å². The first-order valence-electron chi connectivity index (χ1n) is 5.84. The number of aliphatic carboxylic acids is 1. The Morgan fingerprint density at radius 3 is 2.63 bits per heavy atom. The third-order valence-corrected chi connectivity index (χ3v) is 2.66. The zero-order chi connectivity index (χ0) is 14.4. The summed E-state index contributed by atoms with van der Waals surface area (Å²) in [6.45, 7) is 1.77. The monoisotopic (exact) mass is 269 g/mol. The molecule has 1 atom stereocenters. The Morgan fingerprint density at radius 2 is 2.16 bits per heavy atom. The molecule has 6 heteroatoms. The van der Waals surface area contributed by atoms with Crippen LogP contribution in [0, 0.1) is 5.82 Å². The Morgan fingerprint density at radius 1 is 1.47 bits per heavy atom. The van der Waals surface area contributed by atoms with Crippen molar-refractivity contribution in [1.82, 2.24) is 5.32 Å². The summed E-state index contributed by atoms with van der Waals surface area (Å²) in [5.74, 6) is -2.08. The number of nitrogens with one attached hydrogen (secondary N) is 1. The molecule has 0 spiro atoms. The van der Waals surface area contributed by atoms with Gasteiger partial charge in [-0.2, -0.15) is 0 Å². The number of hydrogen-bond donors (Lipinski definition) is 2. The molecular weight excluding hydrogens is 253 g/mol. The molecule has 1 aromatic rings. The number of amides is 1. The molecule has 5 nitrogen and oxygen atoms in total. The maximum Gasteiger partial charge on any atom is 0.305 e. The number of ether oxygens (including phenoxy) is 1. The predicted molar refractivity (Wildman–Crippen MR) is 66.8 cm³/mol. The van der Waals surface area contributed by atoms with Crippen molar-refractivity contribution in [2.24, 2.45) is 0 Å². The molecule has 1 aromatic carbocycles. The van der Waals surface area contributed by atoms with E-state index in [-0.39, 0.29) is 17.7 Å². The first-order valence-corrected chi connectivity index (χ1v) is 5.84. The minimum atomic E-state index is -0.993. The third kappa shape index (κ3) is 4.24. The maximum atomic E-state index is 13.4. The Balaban J connectivity index is 2.77. The third-order valence-electron chi connectivity index (χ3n) is 2.66. The van der Waals surface area contributed by atoms with E-state index in [0.717, 1.165) is 6.07 Å². The molecule has 19 heavy (non-hydrogen) atoms. The molecule has 1 amide bonds. The van der Waals surface area contributed by atoms with Crippen LogP contribution in [0.3, 0.4) is 0 Å². The van der Waals surface area contributed by atoms with Crippen molar-refractivity contribution in [3.63, 3.8) is 0 Å². The van der Waals surface area contributed by atoms with Gasteiger partial charge in [-0.1, -0.05) is 6.92 Å². The quantitative estimate of drug-likeness (QED) is 0.826. The van der Waals surface area contributed by atoms with Crippen LogP contribution >= 0.6 is 0 Å². The Labute approximate surface area is 110 Å². The largest absolute Gasteiger partial charge is 0.494 e. The number of carbonyl (C=O) groups excluding carboxylic acids is 1. The normalized spacial score (nSPS) is 11.7. The van der Waals surface area contributed by atoms with Crippen molar-refractivity contribution < 1.29 is 23.8 Å². The summed E-state index contributed by atoms with van der Waals surface area (Å²) >= 11 is 0. The zero-order valence-electron chi connectivity index (χ0n) is 10.8. The number of carbonyl (C=O) groups is 2. The van der Waals surface area contributed by atoms with Crippen molar-refractivity contribution in [3.8, 4) is 5.75 Å². The van der Waals surface area contributed by atoms with Crippen LogP contribution in [0.1, 0.15) is 30.1 Å². The number of halogens is 1. The molecule has 104 valence electrons. The van der Waals surface area contributed by atoms with Crippen LogP contribution in [-0.2, 0) is 4.79 Å². The second-order valence-electron chi connectivity index (χ2n) is 4.03. The number of hydrogen-bond acceptors (Lipinski definition) is 3. The smallest absolute Gasteiger partial charge is 0.305 e. The second-order valence-corrected chi connectivity index (χ2v) is 4.03. The Bertz CT molecular complexity index is 476. The van der Waals surface area contributed by atoms with E-state index < -0.39 is 23.7 Å². The van der Waals surface area contributed by atoms with E-state index in [1.54, 1.807) is 6.92 Å². The molecule has 1 rings (SSSR count). The van der Waals surface area contributed by atoms with Crippen LogP contribution < -0.4 is 10.1 Å². The molecule has 0 saturated heterocycles. The summed E-state index contributed by atoms with van der Waals surface area (Å²) in [6.07, 6.45) is 0.317. The highest BCUT2D eigenvalue weighted by Gasteiger charge is 2.16. The van der Waals surface area contributed by atoms with Crippen molar-refractivity contribution in [1.29, 1.82) is 0 Å². The number of carboxylic acids is 1. The molecular formula is C13H16FNO4. The van der Waals surface area contributed by atoms with E-state index in [4.69, 9.17) is 9.84 Å². The Kier molecular flexibility index (Phi) is 5.29. The second kappa shape index (κ2) is 6.72. The summed E-state index contributed by atoms with van der Waals surface area (Å²) in [5.41, 5.74) is 0.127. The highest BCUT2D eigenvalue weighted by Crippen LogP contribution is 2.17. The highest BCUT2D eigenvalue weighted by atomic mass is 19.1. The van der Waals surface area contributed by atoms with Gasteiger partial charge in [0.15, 0.2) is 11.6 Å². The number of methoxy groups -OCH3 is 1. The minimum Gasteiger partial charge on any atom is -0.494 e. The zero-order valence-corrected chi connectivity index (χ0v) is 10.8. The minimum absolute atomic E-state index is 0.0501. The van der Waals surface area contributed by atoms with Gasteiger partial charge in [0.1, 0.15) is 0 Å². The molecule has 0 aliphatic heterocycles. The molecule has 0 radical (unpaired) electrons. The standard InChI is InChI=1S/C13H16FNO4/c1-3-9(7-12(16)17)15-13(18)8-4-5-11(19-2)10(14)6-8/h4-6,9H,3,7H2,1-2H3,(H,15,18)(H,16,17). The summed E-state index contributed by atoms with van der Waals surface area (Å²) < 4.78 is 18.2. The van der Waals surface area contributed by atoms with E-state index in [1.807, 2.05) is 0 Å². The topological polar surface area (TPSA) is 75.6 Å². The van der Waals surface area contributed by atoms with Gasteiger partial charge in [0, 0.05) is 11.6 Å². The van der Waals surface area contributed by atoms with Crippen molar-refractivity contribution in [2.45, 2.75) is 25.8 Å². The van der Waals surface area contributed by atoms with E-state index >= 15 is 0 Å². The van der Waals surface area contributed by atoms with Gasteiger partial charge in [-0.3, -0.25) is 9.59 Å². The fourth-order valence-electron chi connectivity index (χ4n) is 1.58. The lowest BCUT2D eigenvalue weighted by Crippen LogP contribution is -2.36. The Hall–Kier alpha value is -2.11. The molecule has 0 bridgehead atoms. The first kappa shape index (κ1) is 14.9. The van der Waals surface area contributed by atoms with Gasteiger partial charge in [-0.05, 0) is 24.6 Å². The van der Waals surface area contributed by atoms with Gasteiger partial charge in [0.05, 0.1) is 13.5 Å². The molecule has 1 unspecified atom stereocenters. The lowest BCUT2D eigenvalue weighted by molar-refractivity contribution is -0.137. The molecule has 0 aliphatic carbocycles. The first-order chi connectivity index (χ1) is 8.97. The van der Waals surface area contributed by atoms with Crippen molar-refractivity contribution >= 4 is 11.9 Å². The van der Waals surface area contributed by atoms with Crippen LogP contribution in [-0.4, -0.2) is 30.1 Å². The SMILES string of the molecule is CCC(CC(=O)O)NC(=O)c1ccc(OC)c(F)c1. The van der Waals surface area contributed by atoms with Crippen LogP contribution in [0.4, 0.5) is 4.39 Å². The van der Waals surface area contributed by atoms with Gasteiger partial charge in [-0.25, -0.2) is 4.39 Å². The van der Waals surface area contributed by atoms with Gasteiger partial charge in [0.25, 0.3) is 5.91 Å². The molecule has 0 aliphatic rings. The lowest BCUT2D eigenvalue weighted by atomic mass is 10.1. The molecule has 0 aromatic heterocycles. The van der Waals surface area contributed by atoms with Gasteiger partial charge in [-0.15, -0.1) is 0 Å². The average molecular weight is 269 g/mol. The number of carboxylic acid groups (broad SMARTS) is 1.